The van der Waals surface area contributed by atoms with E-state index in [0.29, 0.717) is 0 Å². The van der Waals surface area contributed by atoms with Gasteiger partial charge in [0, 0.05) is 18.0 Å². The van der Waals surface area contributed by atoms with E-state index in [0.717, 1.165) is 12.1 Å². The van der Waals surface area contributed by atoms with Crippen molar-refractivity contribution in [2.75, 3.05) is 5.32 Å². The van der Waals surface area contributed by atoms with Crippen molar-refractivity contribution in [1.29, 1.82) is 0 Å². The average Bonchev–Trinajstić information content (AvgIpc) is 3.05. The molecule has 10 heteroatoms. The topological polar surface area (TPSA) is 76.7 Å². The lowest BCUT2D eigenvalue weighted by atomic mass is 10.1. The molecular weight excluding hydrogens is 342 g/mol. The summed E-state index contributed by atoms with van der Waals surface area (Å²) in [7, 11) is 0. The van der Waals surface area contributed by atoms with Gasteiger partial charge in [0.05, 0.1) is 11.6 Å². The predicted molar refractivity (Wildman–Crippen MR) is 78.7 cm³/mol. The maximum atomic E-state index is 13.7. The van der Waals surface area contributed by atoms with E-state index in [9.17, 15) is 17.6 Å². The summed E-state index contributed by atoms with van der Waals surface area (Å²) in [4.78, 5) is 7.90. The predicted octanol–water partition coefficient (Wildman–Crippen LogP) is 3.92. The summed E-state index contributed by atoms with van der Waals surface area (Å²) in [6, 6.07) is 2.83. The molecule has 0 unspecified atom stereocenters. The Kier molecular flexibility index (Phi) is 4.59. The van der Waals surface area contributed by atoms with E-state index in [1.165, 1.54) is 18.5 Å². The lowest BCUT2D eigenvalue weighted by Gasteiger charge is -2.15. The smallest absolute Gasteiger partial charge is 0.314 e. The van der Waals surface area contributed by atoms with Crippen LogP contribution >= 0.6 is 0 Å². The van der Waals surface area contributed by atoms with Crippen LogP contribution in [-0.4, -0.2) is 20.2 Å². The highest BCUT2D eigenvalue weighted by molar-refractivity contribution is 5.50. The van der Waals surface area contributed by atoms with Crippen LogP contribution in [0.5, 0.6) is 0 Å². The van der Waals surface area contributed by atoms with Gasteiger partial charge in [0.2, 0.25) is 5.95 Å². The molecule has 0 saturated heterocycles. The first-order valence-corrected chi connectivity index (χ1v) is 7.10. The van der Waals surface area contributed by atoms with E-state index in [4.69, 9.17) is 4.42 Å². The zero-order chi connectivity index (χ0) is 18.0. The molecule has 2 aromatic heterocycles. The third kappa shape index (κ3) is 3.57. The van der Waals surface area contributed by atoms with Gasteiger partial charge in [-0.05, 0) is 19.1 Å². The molecule has 0 aliphatic heterocycles. The number of halogens is 4. The maximum absolute atomic E-state index is 13.7. The van der Waals surface area contributed by atoms with Crippen LogP contribution in [-0.2, 0) is 0 Å². The fourth-order valence-electron chi connectivity index (χ4n) is 2.14. The minimum Gasteiger partial charge on any atom is -0.415 e. The number of alkyl halides is 2. The van der Waals surface area contributed by atoms with Gasteiger partial charge in [-0.25, -0.2) is 18.7 Å². The molecule has 1 atom stereocenters. The van der Waals surface area contributed by atoms with Crippen LogP contribution in [0.4, 0.5) is 23.5 Å². The van der Waals surface area contributed by atoms with Gasteiger partial charge in [-0.3, -0.25) is 0 Å². The van der Waals surface area contributed by atoms with Gasteiger partial charge in [-0.15, -0.1) is 10.2 Å². The molecule has 3 rings (SSSR count). The highest BCUT2D eigenvalue weighted by Crippen LogP contribution is 2.25. The Morgan fingerprint density at radius 1 is 1.04 bits per heavy atom. The first-order chi connectivity index (χ1) is 12.0. The first-order valence-electron chi connectivity index (χ1n) is 7.10. The first kappa shape index (κ1) is 16.8. The second-order valence-electron chi connectivity index (χ2n) is 5.04. The quantitative estimate of drug-likeness (QED) is 0.701. The van der Waals surface area contributed by atoms with Crippen molar-refractivity contribution in [2.24, 2.45) is 0 Å². The Hall–Kier alpha value is -3.04. The molecule has 0 saturated carbocycles. The maximum Gasteiger partial charge on any atom is 0.314 e. The number of nitrogens with one attached hydrogen (secondary N) is 1. The summed E-state index contributed by atoms with van der Waals surface area (Å²) < 4.78 is 57.1. The second-order valence-corrected chi connectivity index (χ2v) is 5.04. The standard InChI is InChI=1S/C15H11F4N5O/c1-7(11-9(16)3-2-4-10(11)17)22-15-20-5-8(6-21-15)13-23-24-14(25-13)12(18)19/h2-7,12H,1H3,(H,20,21,22)/t7-/m1/s1. The molecule has 0 amide bonds. The molecule has 0 aliphatic rings. The van der Waals surface area contributed by atoms with Crippen molar-refractivity contribution >= 4 is 5.95 Å². The Morgan fingerprint density at radius 2 is 1.68 bits per heavy atom. The summed E-state index contributed by atoms with van der Waals surface area (Å²) in [6.45, 7) is 1.55. The lowest BCUT2D eigenvalue weighted by Crippen LogP contribution is -2.12. The number of hydrogen-bond donors (Lipinski definition) is 1. The van der Waals surface area contributed by atoms with Gasteiger partial charge >= 0.3 is 6.43 Å². The summed E-state index contributed by atoms with van der Waals surface area (Å²) in [5.41, 5.74) is 0.0864. The molecule has 6 nitrogen and oxygen atoms in total. The molecule has 1 aromatic carbocycles. The molecule has 0 bridgehead atoms. The van der Waals surface area contributed by atoms with Gasteiger partial charge in [-0.1, -0.05) is 6.07 Å². The minimum atomic E-state index is -2.88. The average molecular weight is 353 g/mol. The van der Waals surface area contributed by atoms with Crippen molar-refractivity contribution in [3.05, 3.63) is 53.7 Å². The van der Waals surface area contributed by atoms with Crippen LogP contribution in [0.3, 0.4) is 0 Å². The van der Waals surface area contributed by atoms with E-state index < -0.39 is 30.0 Å². The summed E-state index contributed by atoms with van der Waals surface area (Å²) in [5, 5.41) is 9.43. The highest BCUT2D eigenvalue weighted by Gasteiger charge is 2.19. The van der Waals surface area contributed by atoms with Crippen molar-refractivity contribution in [2.45, 2.75) is 19.4 Å². The van der Waals surface area contributed by atoms with Crippen molar-refractivity contribution < 1.29 is 22.0 Å². The SMILES string of the molecule is C[C@@H](Nc1ncc(-c2nnc(C(F)F)o2)cn1)c1c(F)cccc1F. The number of benzene rings is 1. The molecule has 0 aliphatic carbocycles. The van der Waals surface area contributed by atoms with Gasteiger partial charge in [0.1, 0.15) is 11.6 Å². The third-order valence-corrected chi connectivity index (χ3v) is 3.30. The van der Waals surface area contributed by atoms with Gasteiger partial charge in [-0.2, -0.15) is 8.78 Å². The Balaban J connectivity index is 1.76. The van der Waals surface area contributed by atoms with Crippen LogP contribution in [0, 0.1) is 11.6 Å². The lowest BCUT2D eigenvalue weighted by molar-refractivity contribution is 0.116. The minimum absolute atomic E-state index is 0.0903. The third-order valence-electron chi connectivity index (χ3n) is 3.30. The highest BCUT2D eigenvalue weighted by atomic mass is 19.3. The molecule has 25 heavy (non-hydrogen) atoms. The molecule has 3 aromatic rings. The fraction of sp³-hybridized carbons (Fsp3) is 0.200. The monoisotopic (exact) mass is 353 g/mol. The van der Waals surface area contributed by atoms with E-state index in [-0.39, 0.29) is 23.0 Å². The zero-order valence-corrected chi connectivity index (χ0v) is 12.8. The van der Waals surface area contributed by atoms with Crippen LogP contribution in [0.15, 0.2) is 35.0 Å². The van der Waals surface area contributed by atoms with Gasteiger partial charge < -0.3 is 9.73 Å². The summed E-state index contributed by atoms with van der Waals surface area (Å²) in [6.07, 6.45) is -0.343. The molecule has 1 N–H and O–H groups in total. The van der Waals surface area contributed by atoms with Crippen molar-refractivity contribution in [3.63, 3.8) is 0 Å². The molecule has 0 spiro atoms. The normalized spacial score (nSPS) is 12.4. The van der Waals surface area contributed by atoms with Crippen molar-refractivity contribution in [1.82, 2.24) is 20.2 Å². The van der Waals surface area contributed by atoms with Crippen LogP contribution < -0.4 is 5.32 Å². The van der Waals surface area contributed by atoms with Gasteiger partial charge in [0.25, 0.3) is 11.8 Å². The summed E-state index contributed by atoms with van der Waals surface area (Å²) in [5.74, 6) is -2.26. The summed E-state index contributed by atoms with van der Waals surface area (Å²) >= 11 is 0. The van der Waals surface area contributed by atoms with Crippen LogP contribution in [0.1, 0.15) is 30.8 Å². The van der Waals surface area contributed by atoms with Crippen LogP contribution in [0.25, 0.3) is 11.5 Å². The molecular formula is C15H11F4N5O. The van der Waals surface area contributed by atoms with E-state index in [1.54, 1.807) is 6.92 Å². The largest absolute Gasteiger partial charge is 0.415 e. The molecule has 0 fully saturated rings. The molecule has 0 radical (unpaired) electrons. The number of nitrogens with zero attached hydrogens (tertiary/aromatic N) is 4. The Labute approximate surface area is 138 Å². The number of aromatic nitrogens is 4. The molecule has 130 valence electrons. The van der Waals surface area contributed by atoms with E-state index in [1.807, 2.05) is 0 Å². The van der Waals surface area contributed by atoms with E-state index in [2.05, 4.69) is 25.5 Å². The van der Waals surface area contributed by atoms with E-state index >= 15 is 0 Å². The van der Waals surface area contributed by atoms with Crippen LogP contribution in [0.2, 0.25) is 0 Å². The zero-order valence-electron chi connectivity index (χ0n) is 12.8. The van der Waals surface area contributed by atoms with Crippen molar-refractivity contribution in [3.8, 4) is 11.5 Å². The van der Waals surface area contributed by atoms with Gasteiger partial charge in [0.15, 0.2) is 0 Å². The number of anilines is 1. The fourth-order valence-corrected chi connectivity index (χ4v) is 2.14. The Bertz CT molecular complexity index is 848. The number of rotatable bonds is 5. The Morgan fingerprint density at radius 3 is 2.24 bits per heavy atom. The number of hydrogen-bond acceptors (Lipinski definition) is 6. The second kappa shape index (κ2) is 6.83. The molecule has 2 heterocycles.